The zero-order valence-corrected chi connectivity index (χ0v) is 9.24. The van der Waals surface area contributed by atoms with Crippen LogP contribution in [0.2, 0.25) is 0 Å². The summed E-state index contributed by atoms with van der Waals surface area (Å²) in [4.78, 5) is 25.4. The van der Waals surface area contributed by atoms with Gasteiger partial charge in [0.15, 0.2) is 6.61 Å². The van der Waals surface area contributed by atoms with Gasteiger partial charge in [0, 0.05) is 6.54 Å². The zero-order valence-electron chi connectivity index (χ0n) is 9.24. The Labute approximate surface area is 88.9 Å². The van der Waals surface area contributed by atoms with Gasteiger partial charge in [-0.25, -0.2) is 15.1 Å². The van der Waals surface area contributed by atoms with Gasteiger partial charge in [0.2, 0.25) is 0 Å². The first-order valence-corrected chi connectivity index (χ1v) is 4.81. The maximum Gasteiger partial charge on any atom is 0.338 e. The molecule has 0 spiro atoms. The van der Waals surface area contributed by atoms with Crippen molar-refractivity contribution in [3.8, 4) is 0 Å². The molecule has 0 bridgehead atoms. The van der Waals surface area contributed by atoms with E-state index in [9.17, 15) is 9.59 Å². The van der Waals surface area contributed by atoms with Gasteiger partial charge in [-0.15, -0.1) is 0 Å². The topological polar surface area (TPSA) is 87.7 Å². The summed E-state index contributed by atoms with van der Waals surface area (Å²) in [6.07, 6.45) is 0. The number of nitrogens with one attached hydrogen (secondary N) is 2. The first kappa shape index (κ1) is 13.7. The predicted octanol–water partition coefficient (Wildman–Crippen LogP) is 0.594. The number of hydrogen-bond acceptors (Lipinski definition) is 3. The molecule has 0 radical (unpaired) electrons. The molecule has 0 aromatic carbocycles. The standard InChI is InChI=1S/C9H18N2O4/c1-6(2)7(3)4-10-9(14)11-15-5-8(12)13/h6-7H,4-5H2,1-3H3,(H,12,13)(H2,10,11,14). The summed E-state index contributed by atoms with van der Waals surface area (Å²) in [5, 5.41) is 10.8. The van der Waals surface area contributed by atoms with Crippen LogP contribution in [0.25, 0.3) is 0 Å². The van der Waals surface area contributed by atoms with Gasteiger partial charge in [0.05, 0.1) is 0 Å². The van der Waals surface area contributed by atoms with Gasteiger partial charge < -0.3 is 10.4 Å². The van der Waals surface area contributed by atoms with Crippen LogP contribution in [-0.2, 0) is 9.63 Å². The quantitative estimate of drug-likeness (QED) is 0.569. The molecular formula is C9H18N2O4. The third-order valence-electron chi connectivity index (χ3n) is 2.08. The lowest BCUT2D eigenvalue weighted by molar-refractivity contribution is -0.144. The highest BCUT2D eigenvalue weighted by Gasteiger charge is 2.08. The Kier molecular flexibility index (Phi) is 6.44. The molecule has 0 aliphatic carbocycles. The molecule has 6 heteroatoms. The molecule has 0 aliphatic heterocycles. The Morgan fingerprint density at radius 3 is 2.40 bits per heavy atom. The first-order valence-electron chi connectivity index (χ1n) is 4.81. The normalized spacial score (nSPS) is 12.3. The van der Waals surface area contributed by atoms with E-state index < -0.39 is 18.6 Å². The number of aliphatic carboxylic acids is 1. The third kappa shape index (κ3) is 7.75. The van der Waals surface area contributed by atoms with Crippen LogP contribution in [0, 0.1) is 11.8 Å². The van der Waals surface area contributed by atoms with Crippen molar-refractivity contribution >= 4 is 12.0 Å². The molecule has 0 rings (SSSR count). The van der Waals surface area contributed by atoms with E-state index in [2.05, 4.69) is 24.0 Å². The smallest absolute Gasteiger partial charge is 0.338 e. The Bertz CT molecular complexity index is 218. The molecule has 0 fully saturated rings. The summed E-state index contributed by atoms with van der Waals surface area (Å²) in [6, 6.07) is -0.524. The molecule has 3 N–H and O–H groups in total. The largest absolute Gasteiger partial charge is 0.479 e. The highest BCUT2D eigenvalue weighted by molar-refractivity contribution is 5.73. The minimum absolute atomic E-state index is 0.357. The second-order valence-electron chi connectivity index (χ2n) is 3.72. The minimum Gasteiger partial charge on any atom is -0.479 e. The SMILES string of the molecule is CC(C)C(C)CNC(=O)NOCC(=O)O. The minimum atomic E-state index is -1.13. The second kappa shape index (κ2) is 7.05. The summed E-state index contributed by atoms with van der Waals surface area (Å²) >= 11 is 0. The van der Waals surface area contributed by atoms with E-state index in [1.807, 2.05) is 12.4 Å². The molecule has 0 aliphatic rings. The Morgan fingerprint density at radius 2 is 1.93 bits per heavy atom. The molecule has 0 saturated heterocycles. The van der Waals surface area contributed by atoms with Crippen LogP contribution in [0.15, 0.2) is 0 Å². The fourth-order valence-electron chi connectivity index (χ4n) is 0.689. The van der Waals surface area contributed by atoms with E-state index in [0.717, 1.165) is 0 Å². The number of carbonyl (C=O) groups excluding carboxylic acids is 1. The van der Waals surface area contributed by atoms with Crippen molar-refractivity contribution in [2.75, 3.05) is 13.2 Å². The molecule has 2 amide bonds. The van der Waals surface area contributed by atoms with E-state index in [4.69, 9.17) is 5.11 Å². The Morgan fingerprint density at radius 1 is 1.33 bits per heavy atom. The van der Waals surface area contributed by atoms with Crippen LogP contribution in [0.3, 0.4) is 0 Å². The number of hydrogen-bond donors (Lipinski definition) is 3. The number of rotatable bonds is 6. The van der Waals surface area contributed by atoms with Gasteiger partial charge in [-0.2, -0.15) is 0 Å². The molecule has 1 unspecified atom stereocenters. The molecule has 6 nitrogen and oxygen atoms in total. The van der Waals surface area contributed by atoms with E-state index in [-0.39, 0.29) is 0 Å². The van der Waals surface area contributed by atoms with Crippen LogP contribution < -0.4 is 10.8 Å². The zero-order chi connectivity index (χ0) is 11.8. The lowest BCUT2D eigenvalue weighted by Crippen LogP contribution is -2.39. The predicted molar refractivity (Wildman–Crippen MR) is 54.1 cm³/mol. The fraction of sp³-hybridized carbons (Fsp3) is 0.778. The molecule has 0 saturated carbocycles. The van der Waals surface area contributed by atoms with Crippen LogP contribution in [0.4, 0.5) is 4.79 Å². The van der Waals surface area contributed by atoms with Crippen molar-refractivity contribution < 1.29 is 19.5 Å². The Hall–Kier alpha value is -1.30. The van der Waals surface area contributed by atoms with Gasteiger partial charge in [-0.1, -0.05) is 20.8 Å². The molecule has 0 heterocycles. The molecule has 1 atom stereocenters. The van der Waals surface area contributed by atoms with Crippen LogP contribution in [0.5, 0.6) is 0 Å². The van der Waals surface area contributed by atoms with Crippen molar-refractivity contribution in [2.24, 2.45) is 11.8 Å². The van der Waals surface area contributed by atoms with Crippen LogP contribution >= 0.6 is 0 Å². The van der Waals surface area contributed by atoms with Crippen molar-refractivity contribution in [1.29, 1.82) is 0 Å². The van der Waals surface area contributed by atoms with Gasteiger partial charge in [0.1, 0.15) is 0 Å². The van der Waals surface area contributed by atoms with Crippen molar-refractivity contribution in [2.45, 2.75) is 20.8 Å². The number of hydroxylamine groups is 1. The second-order valence-corrected chi connectivity index (χ2v) is 3.72. The average Bonchev–Trinajstić information content (AvgIpc) is 2.13. The molecule has 88 valence electrons. The van der Waals surface area contributed by atoms with Crippen LogP contribution in [-0.4, -0.2) is 30.3 Å². The van der Waals surface area contributed by atoms with Gasteiger partial charge in [0.25, 0.3) is 0 Å². The third-order valence-corrected chi connectivity index (χ3v) is 2.08. The van der Waals surface area contributed by atoms with Gasteiger partial charge in [-0.3, -0.25) is 4.84 Å². The van der Waals surface area contributed by atoms with Crippen molar-refractivity contribution in [3.05, 3.63) is 0 Å². The molecule has 0 aromatic heterocycles. The summed E-state index contributed by atoms with van der Waals surface area (Å²) in [6.45, 7) is 6.12. The summed E-state index contributed by atoms with van der Waals surface area (Å²) in [5.74, 6) is -0.300. The monoisotopic (exact) mass is 218 g/mol. The van der Waals surface area contributed by atoms with E-state index >= 15 is 0 Å². The van der Waals surface area contributed by atoms with E-state index in [0.29, 0.717) is 18.4 Å². The van der Waals surface area contributed by atoms with Gasteiger partial charge >= 0.3 is 12.0 Å². The van der Waals surface area contributed by atoms with E-state index in [1.165, 1.54) is 0 Å². The summed E-state index contributed by atoms with van der Waals surface area (Å²) < 4.78 is 0. The molecule has 15 heavy (non-hydrogen) atoms. The van der Waals surface area contributed by atoms with Crippen LogP contribution in [0.1, 0.15) is 20.8 Å². The summed E-state index contributed by atoms with van der Waals surface area (Å²) in [5.41, 5.74) is 1.98. The van der Waals surface area contributed by atoms with Crippen molar-refractivity contribution in [3.63, 3.8) is 0 Å². The number of amides is 2. The maximum absolute atomic E-state index is 11.0. The fourth-order valence-corrected chi connectivity index (χ4v) is 0.689. The number of carbonyl (C=O) groups is 2. The first-order chi connectivity index (χ1) is 6.93. The summed E-state index contributed by atoms with van der Waals surface area (Å²) in [7, 11) is 0. The number of urea groups is 1. The highest BCUT2D eigenvalue weighted by Crippen LogP contribution is 2.07. The molecule has 0 aromatic rings. The highest BCUT2D eigenvalue weighted by atomic mass is 16.7. The van der Waals surface area contributed by atoms with Crippen molar-refractivity contribution in [1.82, 2.24) is 10.8 Å². The lowest BCUT2D eigenvalue weighted by Gasteiger charge is -2.15. The van der Waals surface area contributed by atoms with E-state index in [1.54, 1.807) is 0 Å². The Balaban J connectivity index is 3.53. The maximum atomic E-state index is 11.0. The number of carboxylic acids is 1. The average molecular weight is 218 g/mol. The van der Waals surface area contributed by atoms with Gasteiger partial charge in [-0.05, 0) is 11.8 Å². The lowest BCUT2D eigenvalue weighted by atomic mass is 9.98. The molecular weight excluding hydrogens is 200 g/mol. The number of carboxylic acid groups (broad SMARTS) is 1.